The highest BCUT2D eigenvalue weighted by atomic mass is 16.5. The third-order valence-corrected chi connectivity index (χ3v) is 4.65. The molecule has 0 aromatic rings. The van der Waals surface area contributed by atoms with Crippen molar-refractivity contribution in [2.75, 3.05) is 13.2 Å². The van der Waals surface area contributed by atoms with Crippen LogP contribution in [0.2, 0.25) is 0 Å². The van der Waals surface area contributed by atoms with E-state index >= 15 is 0 Å². The standard InChI is InChI=1S/C20H42O.C4H6O2/c1-3-5-7-9-11-13-15-17-19-21-20-18-16-14-12-10-8-6-4-2;1-3(2)4(5)6/h3-20H2,1-2H3;1H2,2H3,(H,5,6). The molecule has 1 N–H and O–H groups in total. The van der Waals surface area contributed by atoms with E-state index in [4.69, 9.17) is 9.84 Å². The molecule has 0 bridgehead atoms. The Morgan fingerprint density at radius 3 is 1.19 bits per heavy atom. The first-order chi connectivity index (χ1) is 13.1. The Hall–Kier alpha value is -0.830. The van der Waals surface area contributed by atoms with Gasteiger partial charge < -0.3 is 9.84 Å². The number of aliphatic carboxylic acids is 1. The minimum absolute atomic E-state index is 0.176. The van der Waals surface area contributed by atoms with Gasteiger partial charge in [0.05, 0.1) is 0 Å². The van der Waals surface area contributed by atoms with E-state index in [1.165, 1.54) is 110 Å². The van der Waals surface area contributed by atoms with E-state index in [2.05, 4.69) is 20.4 Å². The van der Waals surface area contributed by atoms with Crippen LogP contribution in [0.5, 0.6) is 0 Å². The number of carboxylic acid groups (broad SMARTS) is 1. The SMILES string of the molecule is C=C(C)C(=O)O.CCCCCCCCCCOCCCCCCCCCC. The number of unbranched alkanes of at least 4 members (excludes halogenated alkanes) is 14. The molecule has 0 aromatic carbocycles. The molecule has 0 atom stereocenters. The number of hydrogen-bond donors (Lipinski definition) is 1. The second-order valence-corrected chi connectivity index (χ2v) is 7.65. The summed E-state index contributed by atoms with van der Waals surface area (Å²) < 4.78 is 5.72. The van der Waals surface area contributed by atoms with Crippen LogP contribution in [-0.2, 0) is 9.53 Å². The van der Waals surface area contributed by atoms with Gasteiger partial charge in [0, 0.05) is 18.8 Å². The van der Waals surface area contributed by atoms with Crippen molar-refractivity contribution in [3.63, 3.8) is 0 Å². The van der Waals surface area contributed by atoms with Gasteiger partial charge in [-0.15, -0.1) is 0 Å². The topological polar surface area (TPSA) is 46.5 Å². The van der Waals surface area contributed by atoms with E-state index in [9.17, 15) is 4.79 Å². The molecule has 0 heterocycles. The van der Waals surface area contributed by atoms with Crippen molar-refractivity contribution in [2.24, 2.45) is 0 Å². The van der Waals surface area contributed by atoms with Crippen LogP contribution < -0.4 is 0 Å². The van der Waals surface area contributed by atoms with Crippen LogP contribution in [0, 0.1) is 0 Å². The van der Waals surface area contributed by atoms with Crippen molar-refractivity contribution >= 4 is 5.97 Å². The van der Waals surface area contributed by atoms with E-state index in [-0.39, 0.29) is 5.57 Å². The Bertz CT molecular complexity index is 283. The van der Waals surface area contributed by atoms with Gasteiger partial charge in [-0.1, -0.05) is 110 Å². The van der Waals surface area contributed by atoms with Gasteiger partial charge in [0.1, 0.15) is 0 Å². The molecule has 162 valence electrons. The van der Waals surface area contributed by atoms with Gasteiger partial charge in [0.2, 0.25) is 0 Å². The lowest BCUT2D eigenvalue weighted by molar-refractivity contribution is -0.132. The molecule has 0 spiro atoms. The molecule has 0 saturated heterocycles. The van der Waals surface area contributed by atoms with Crippen molar-refractivity contribution < 1.29 is 14.6 Å². The largest absolute Gasteiger partial charge is 0.478 e. The average molecular weight is 385 g/mol. The highest BCUT2D eigenvalue weighted by molar-refractivity contribution is 5.84. The average Bonchev–Trinajstić information content (AvgIpc) is 2.64. The lowest BCUT2D eigenvalue weighted by Crippen LogP contribution is -1.97. The molecule has 0 aromatic heterocycles. The molecule has 0 aliphatic heterocycles. The molecular weight excluding hydrogens is 336 g/mol. The first kappa shape index (κ1) is 28.4. The Morgan fingerprint density at radius 1 is 0.667 bits per heavy atom. The monoisotopic (exact) mass is 384 g/mol. The normalized spacial score (nSPS) is 10.3. The van der Waals surface area contributed by atoms with E-state index < -0.39 is 5.97 Å². The quantitative estimate of drug-likeness (QED) is 0.182. The summed E-state index contributed by atoms with van der Waals surface area (Å²) in [6, 6.07) is 0. The highest BCUT2D eigenvalue weighted by Crippen LogP contribution is 2.10. The number of ether oxygens (including phenoxy) is 1. The predicted octanol–water partition coefficient (Wildman–Crippen LogP) is 7.93. The van der Waals surface area contributed by atoms with Crippen LogP contribution in [0.3, 0.4) is 0 Å². The van der Waals surface area contributed by atoms with Gasteiger partial charge in [-0.3, -0.25) is 0 Å². The number of rotatable bonds is 19. The summed E-state index contributed by atoms with van der Waals surface area (Å²) in [5, 5.41) is 7.89. The Balaban J connectivity index is 0. The molecule has 0 aliphatic carbocycles. The van der Waals surface area contributed by atoms with Crippen LogP contribution >= 0.6 is 0 Å². The fourth-order valence-corrected chi connectivity index (χ4v) is 2.78. The first-order valence-electron chi connectivity index (χ1n) is 11.5. The fraction of sp³-hybridized carbons (Fsp3) is 0.875. The maximum absolute atomic E-state index is 9.60. The van der Waals surface area contributed by atoms with Crippen LogP contribution in [-0.4, -0.2) is 24.3 Å². The summed E-state index contributed by atoms with van der Waals surface area (Å²) in [7, 11) is 0. The molecule has 27 heavy (non-hydrogen) atoms. The lowest BCUT2D eigenvalue weighted by atomic mass is 10.1. The van der Waals surface area contributed by atoms with Gasteiger partial charge in [-0.25, -0.2) is 4.79 Å². The Kier molecular flexibility index (Phi) is 26.5. The Labute approximate surface area is 170 Å². The molecule has 0 amide bonds. The van der Waals surface area contributed by atoms with E-state index in [0.29, 0.717) is 0 Å². The van der Waals surface area contributed by atoms with Gasteiger partial charge in [0.25, 0.3) is 0 Å². The van der Waals surface area contributed by atoms with Crippen LogP contribution in [0.1, 0.15) is 124 Å². The van der Waals surface area contributed by atoms with Gasteiger partial charge in [-0.05, 0) is 19.8 Å². The Morgan fingerprint density at radius 2 is 0.926 bits per heavy atom. The van der Waals surface area contributed by atoms with E-state index in [0.717, 1.165) is 13.2 Å². The van der Waals surface area contributed by atoms with Crippen molar-refractivity contribution in [3.8, 4) is 0 Å². The maximum Gasteiger partial charge on any atom is 0.330 e. The summed E-state index contributed by atoms with van der Waals surface area (Å²) in [5.41, 5.74) is 0.176. The zero-order valence-electron chi connectivity index (χ0n) is 18.7. The molecule has 0 aliphatic rings. The summed E-state index contributed by atoms with van der Waals surface area (Å²) >= 11 is 0. The van der Waals surface area contributed by atoms with Crippen molar-refractivity contribution in [2.45, 2.75) is 124 Å². The number of carbonyl (C=O) groups is 1. The zero-order valence-corrected chi connectivity index (χ0v) is 18.7. The van der Waals surface area contributed by atoms with E-state index in [1.807, 2.05) is 0 Å². The van der Waals surface area contributed by atoms with Crippen molar-refractivity contribution in [1.82, 2.24) is 0 Å². The van der Waals surface area contributed by atoms with Crippen molar-refractivity contribution in [3.05, 3.63) is 12.2 Å². The molecule has 0 fully saturated rings. The fourth-order valence-electron chi connectivity index (χ4n) is 2.78. The summed E-state index contributed by atoms with van der Waals surface area (Å²) in [5.74, 6) is -0.935. The molecular formula is C24H48O3. The van der Waals surface area contributed by atoms with E-state index in [1.54, 1.807) is 0 Å². The zero-order chi connectivity index (χ0) is 20.6. The minimum atomic E-state index is -0.935. The van der Waals surface area contributed by atoms with Gasteiger partial charge in [-0.2, -0.15) is 0 Å². The summed E-state index contributed by atoms with van der Waals surface area (Å²) in [6.07, 6.45) is 22.2. The minimum Gasteiger partial charge on any atom is -0.478 e. The third-order valence-electron chi connectivity index (χ3n) is 4.65. The second-order valence-electron chi connectivity index (χ2n) is 7.65. The lowest BCUT2D eigenvalue weighted by Gasteiger charge is -2.05. The maximum atomic E-state index is 9.60. The predicted molar refractivity (Wildman–Crippen MR) is 118 cm³/mol. The molecule has 3 nitrogen and oxygen atoms in total. The van der Waals surface area contributed by atoms with Crippen LogP contribution in [0.15, 0.2) is 12.2 Å². The summed E-state index contributed by atoms with van der Waals surface area (Å²) in [6.45, 7) is 11.1. The smallest absolute Gasteiger partial charge is 0.330 e. The van der Waals surface area contributed by atoms with Crippen LogP contribution in [0.25, 0.3) is 0 Å². The highest BCUT2D eigenvalue weighted by Gasteiger charge is 1.94. The molecule has 0 rings (SSSR count). The van der Waals surface area contributed by atoms with Crippen LogP contribution in [0.4, 0.5) is 0 Å². The third kappa shape index (κ3) is 30.2. The number of hydrogen-bond acceptors (Lipinski definition) is 2. The van der Waals surface area contributed by atoms with Crippen molar-refractivity contribution in [1.29, 1.82) is 0 Å². The molecule has 0 radical (unpaired) electrons. The molecule has 3 heteroatoms. The number of carboxylic acids is 1. The van der Waals surface area contributed by atoms with Gasteiger partial charge in [0.15, 0.2) is 0 Å². The van der Waals surface area contributed by atoms with Gasteiger partial charge >= 0.3 is 5.97 Å². The first-order valence-corrected chi connectivity index (χ1v) is 11.5. The summed E-state index contributed by atoms with van der Waals surface area (Å²) in [4.78, 5) is 9.60. The molecule has 0 unspecified atom stereocenters. The second kappa shape index (κ2) is 25.2. The molecule has 0 saturated carbocycles.